The van der Waals surface area contributed by atoms with Crippen LogP contribution in [-0.4, -0.2) is 55.1 Å². The van der Waals surface area contributed by atoms with Crippen molar-refractivity contribution in [3.8, 4) is 5.75 Å². The van der Waals surface area contributed by atoms with Crippen LogP contribution in [0.5, 0.6) is 5.75 Å². The first-order valence-corrected chi connectivity index (χ1v) is 10.4. The molecule has 0 bridgehead atoms. The van der Waals surface area contributed by atoms with Crippen LogP contribution in [0.1, 0.15) is 17.7 Å². The molecule has 1 fully saturated rings. The molecule has 0 radical (unpaired) electrons. The van der Waals surface area contributed by atoms with Crippen molar-refractivity contribution in [2.75, 3.05) is 20.2 Å². The summed E-state index contributed by atoms with van der Waals surface area (Å²) in [5.41, 5.74) is 2.21. The van der Waals surface area contributed by atoms with Crippen LogP contribution in [0.15, 0.2) is 35.4 Å². The van der Waals surface area contributed by atoms with Gasteiger partial charge in [0.1, 0.15) is 5.75 Å². The highest BCUT2D eigenvalue weighted by Crippen LogP contribution is 2.26. The number of rotatable bonds is 5. The maximum absolute atomic E-state index is 12.6. The van der Waals surface area contributed by atoms with Crippen LogP contribution in [-0.2, 0) is 27.7 Å². The van der Waals surface area contributed by atoms with Crippen LogP contribution >= 0.6 is 0 Å². The Morgan fingerprint density at radius 1 is 1.30 bits per heavy atom. The lowest BCUT2D eigenvalue weighted by Gasteiger charge is -2.39. The zero-order valence-electron chi connectivity index (χ0n) is 15.0. The molecule has 8 nitrogen and oxygen atoms in total. The number of benzene rings is 1. The topological polar surface area (TPSA) is 104 Å². The van der Waals surface area contributed by atoms with Crippen LogP contribution in [0.2, 0.25) is 0 Å². The molecule has 9 heteroatoms. The quantitative estimate of drug-likeness (QED) is 0.783. The van der Waals surface area contributed by atoms with Gasteiger partial charge in [-0.15, -0.1) is 0 Å². The average molecular weight is 390 g/mol. The van der Waals surface area contributed by atoms with E-state index in [1.807, 2.05) is 6.20 Å². The Morgan fingerprint density at radius 3 is 2.74 bits per heavy atom. The van der Waals surface area contributed by atoms with Gasteiger partial charge in [-0.3, -0.25) is 9.89 Å². The number of carbonyl (C=O) groups is 1. The molecule has 1 aliphatic carbocycles. The molecule has 144 valence electrons. The third kappa shape index (κ3) is 3.44. The van der Waals surface area contributed by atoms with Crippen LogP contribution < -0.4 is 10.1 Å². The SMILES string of the molecule is COc1ccc(S(=O)(=O)N2CC(NC(=O)C3CCc4cn[nH]c4C3)C2)cc1. The number of aryl methyl sites for hydroxylation is 1. The minimum atomic E-state index is -3.54. The van der Waals surface area contributed by atoms with Gasteiger partial charge in [0.05, 0.1) is 24.2 Å². The van der Waals surface area contributed by atoms with Crippen molar-refractivity contribution in [3.05, 3.63) is 41.7 Å². The molecule has 1 saturated heterocycles. The lowest BCUT2D eigenvalue weighted by molar-refractivity contribution is -0.126. The van der Waals surface area contributed by atoms with E-state index in [0.717, 1.165) is 18.5 Å². The first-order valence-electron chi connectivity index (χ1n) is 8.93. The predicted octanol–water partition coefficient (Wildman–Crippen LogP) is 0.712. The summed E-state index contributed by atoms with van der Waals surface area (Å²) in [6.45, 7) is 0.588. The minimum Gasteiger partial charge on any atom is -0.497 e. The fourth-order valence-corrected chi connectivity index (χ4v) is 5.10. The normalized spacial score (nSPS) is 20.6. The summed E-state index contributed by atoms with van der Waals surface area (Å²) in [4.78, 5) is 12.7. The van der Waals surface area contributed by atoms with E-state index >= 15 is 0 Å². The Labute approximate surface area is 158 Å². The fourth-order valence-electron chi connectivity index (χ4n) is 3.57. The molecule has 2 heterocycles. The van der Waals surface area contributed by atoms with Gasteiger partial charge in [-0.25, -0.2) is 8.42 Å². The van der Waals surface area contributed by atoms with E-state index in [0.29, 0.717) is 25.3 Å². The van der Waals surface area contributed by atoms with Crippen molar-refractivity contribution in [1.82, 2.24) is 19.8 Å². The monoisotopic (exact) mass is 390 g/mol. The molecule has 1 aromatic heterocycles. The lowest BCUT2D eigenvalue weighted by atomic mass is 9.87. The molecule has 1 amide bonds. The Balaban J connectivity index is 1.32. The van der Waals surface area contributed by atoms with Gasteiger partial charge in [0, 0.05) is 31.1 Å². The molecule has 27 heavy (non-hydrogen) atoms. The van der Waals surface area contributed by atoms with Crippen LogP contribution in [0.25, 0.3) is 0 Å². The van der Waals surface area contributed by atoms with Gasteiger partial charge < -0.3 is 10.1 Å². The van der Waals surface area contributed by atoms with Gasteiger partial charge in [0.2, 0.25) is 15.9 Å². The van der Waals surface area contributed by atoms with Crippen molar-refractivity contribution in [3.63, 3.8) is 0 Å². The van der Waals surface area contributed by atoms with E-state index in [-0.39, 0.29) is 22.8 Å². The van der Waals surface area contributed by atoms with Gasteiger partial charge in [-0.05, 0) is 42.7 Å². The number of nitrogens with one attached hydrogen (secondary N) is 2. The zero-order valence-corrected chi connectivity index (χ0v) is 15.8. The molecule has 1 atom stereocenters. The van der Waals surface area contributed by atoms with Gasteiger partial charge >= 0.3 is 0 Å². The Hall–Kier alpha value is -2.39. The van der Waals surface area contributed by atoms with E-state index in [1.165, 1.54) is 29.1 Å². The van der Waals surface area contributed by atoms with Crippen molar-refractivity contribution >= 4 is 15.9 Å². The average Bonchev–Trinajstić information content (AvgIpc) is 3.11. The summed E-state index contributed by atoms with van der Waals surface area (Å²) >= 11 is 0. The summed E-state index contributed by atoms with van der Waals surface area (Å²) < 4.78 is 31.7. The summed E-state index contributed by atoms with van der Waals surface area (Å²) in [7, 11) is -2.01. The third-order valence-electron chi connectivity index (χ3n) is 5.28. The van der Waals surface area contributed by atoms with E-state index in [9.17, 15) is 13.2 Å². The molecule has 0 spiro atoms. The van der Waals surface area contributed by atoms with Crippen LogP contribution in [0.3, 0.4) is 0 Å². The van der Waals surface area contributed by atoms with Gasteiger partial charge in [-0.2, -0.15) is 9.40 Å². The van der Waals surface area contributed by atoms with Gasteiger partial charge in [0.15, 0.2) is 0 Å². The van der Waals surface area contributed by atoms with E-state index in [4.69, 9.17) is 4.74 Å². The Kier molecular flexibility index (Phi) is 4.65. The second kappa shape index (κ2) is 6.97. The summed E-state index contributed by atoms with van der Waals surface area (Å²) in [6.07, 6.45) is 4.10. The molecule has 2 aromatic rings. The minimum absolute atomic E-state index is 0.0123. The highest BCUT2D eigenvalue weighted by Gasteiger charge is 2.38. The molecule has 1 aromatic carbocycles. The number of sulfonamides is 1. The third-order valence-corrected chi connectivity index (χ3v) is 7.13. The molecule has 0 saturated carbocycles. The van der Waals surface area contributed by atoms with Gasteiger partial charge in [0.25, 0.3) is 0 Å². The number of hydrogen-bond acceptors (Lipinski definition) is 5. The standard InChI is InChI=1S/C18H22N4O4S/c1-26-15-4-6-16(7-5-15)27(24,25)22-10-14(11-22)20-18(23)12-2-3-13-9-19-21-17(13)8-12/h4-7,9,12,14H,2-3,8,10-11H2,1H3,(H,19,21)(H,20,23). The summed E-state index contributed by atoms with van der Waals surface area (Å²) in [5.74, 6) is 0.502. The number of H-pyrrole nitrogens is 1. The fraction of sp³-hybridized carbons (Fsp3) is 0.444. The number of aromatic nitrogens is 2. The number of nitrogens with zero attached hydrogens (tertiary/aromatic N) is 2. The van der Waals surface area contributed by atoms with Crippen LogP contribution in [0.4, 0.5) is 0 Å². The Morgan fingerprint density at radius 2 is 2.04 bits per heavy atom. The van der Waals surface area contributed by atoms with Crippen molar-refractivity contribution in [2.45, 2.75) is 30.2 Å². The molecule has 2 aliphatic rings. The van der Waals surface area contributed by atoms with Crippen molar-refractivity contribution in [1.29, 1.82) is 0 Å². The van der Waals surface area contributed by atoms with Gasteiger partial charge in [-0.1, -0.05) is 0 Å². The highest BCUT2D eigenvalue weighted by molar-refractivity contribution is 7.89. The number of methoxy groups -OCH3 is 1. The first kappa shape index (κ1) is 18.0. The predicted molar refractivity (Wildman–Crippen MR) is 97.8 cm³/mol. The number of amides is 1. The molecule has 1 aliphatic heterocycles. The number of carbonyl (C=O) groups excluding carboxylic acids is 1. The molecule has 2 N–H and O–H groups in total. The maximum atomic E-state index is 12.6. The second-order valence-electron chi connectivity index (χ2n) is 7.02. The first-order chi connectivity index (χ1) is 13.0. The highest BCUT2D eigenvalue weighted by atomic mass is 32.2. The van der Waals surface area contributed by atoms with E-state index < -0.39 is 10.0 Å². The summed E-state index contributed by atoms with van der Waals surface area (Å²) in [6, 6.07) is 6.17. The lowest BCUT2D eigenvalue weighted by Crippen LogP contribution is -2.61. The van der Waals surface area contributed by atoms with Crippen LogP contribution in [0, 0.1) is 5.92 Å². The maximum Gasteiger partial charge on any atom is 0.243 e. The van der Waals surface area contributed by atoms with Crippen molar-refractivity contribution < 1.29 is 17.9 Å². The second-order valence-corrected chi connectivity index (χ2v) is 8.95. The number of aromatic amines is 1. The molecule has 4 rings (SSSR count). The smallest absolute Gasteiger partial charge is 0.243 e. The van der Waals surface area contributed by atoms with E-state index in [2.05, 4.69) is 15.5 Å². The number of fused-ring (bicyclic) bond motifs is 1. The zero-order chi connectivity index (χ0) is 19.0. The molecule has 1 unspecified atom stereocenters. The molecular formula is C18H22N4O4S. The summed E-state index contributed by atoms with van der Waals surface area (Å²) in [5, 5.41) is 9.96. The number of ether oxygens (including phenoxy) is 1. The number of hydrogen-bond donors (Lipinski definition) is 2. The van der Waals surface area contributed by atoms with E-state index in [1.54, 1.807) is 12.1 Å². The Bertz CT molecular complexity index is 933. The largest absolute Gasteiger partial charge is 0.497 e. The molecular weight excluding hydrogens is 368 g/mol. The van der Waals surface area contributed by atoms with Crippen molar-refractivity contribution in [2.24, 2.45) is 5.92 Å².